The van der Waals surface area contributed by atoms with Crippen molar-refractivity contribution >= 4 is 5.69 Å². The largest absolute Gasteiger partial charge is 0.371 e. The zero-order valence-electron chi connectivity index (χ0n) is 8.58. The van der Waals surface area contributed by atoms with Gasteiger partial charge >= 0.3 is 0 Å². The number of anilines is 1. The molecule has 0 amide bonds. The minimum atomic E-state index is 0.875. The molecule has 14 heavy (non-hydrogen) atoms. The normalized spacial score (nSPS) is 21.6. The Bertz CT molecular complexity index is 274. The van der Waals surface area contributed by atoms with E-state index < -0.39 is 0 Å². The Balaban J connectivity index is 1.75. The van der Waals surface area contributed by atoms with Crippen LogP contribution in [-0.2, 0) is 0 Å². The van der Waals surface area contributed by atoms with E-state index in [2.05, 4.69) is 29.2 Å². The summed E-state index contributed by atoms with van der Waals surface area (Å²) in [6, 6.07) is 9.26. The molecule has 2 aliphatic rings. The second-order valence-electron chi connectivity index (χ2n) is 4.56. The van der Waals surface area contributed by atoms with E-state index in [0.29, 0.717) is 0 Å². The smallest absolute Gasteiger partial charge is 0.0366 e. The van der Waals surface area contributed by atoms with Crippen LogP contribution < -0.4 is 4.90 Å². The molecule has 0 N–H and O–H groups in total. The third-order valence-corrected chi connectivity index (χ3v) is 3.69. The summed E-state index contributed by atoms with van der Waals surface area (Å²) < 4.78 is 0. The zero-order chi connectivity index (χ0) is 9.38. The molecular weight excluding hydrogens is 170 g/mol. The molecular formula is C13H17N. The van der Waals surface area contributed by atoms with Crippen molar-refractivity contribution < 1.29 is 0 Å². The highest BCUT2D eigenvalue weighted by Gasteiger charge is 2.20. The van der Waals surface area contributed by atoms with Crippen LogP contribution in [0.4, 0.5) is 5.69 Å². The first-order valence-corrected chi connectivity index (χ1v) is 5.78. The van der Waals surface area contributed by atoms with Crippen LogP contribution >= 0.6 is 0 Å². The predicted molar refractivity (Wildman–Crippen MR) is 59.9 cm³/mol. The highest BCUT2D eigenvalue weighted by molar-refractivity contribution is 5.49. The first-order valence-electron chi connectivity index (χ1n) is 5.78. The molecule has 1 heteroatoms. The van der Waals surface area contributed by atoms with Gasteiger partial charge in [-0.3, -0.25) is 0 Å². The lowest BCUT2D eigenvalue weighted by Crippen LogP contribution is -2.36. The molecule has 0 unspecified atom stereocenters. The summed E-state index contributed by atoms with van der Waals surface area (Å²) in [4.78, 5) is 2.45. The molecule has 0 atom stereocenters. The van der Waals surface area contributed by atoms with E-state index in [-0.39, 0.29) is 0 Å². The summed E-state index contributed by atoms with van der Waals surface area (Å²) in [6.45, 7) is 2.51. The van der Waals surface area contributed by atoms with Crippen LogP contribution in [0, 0.1) is 0 Å². The SMILES string of the molecule is c1cc(N2CCC2)ccc1C1CCC1. The lowest BCUT2D eigenvalue weighted by molar-refractivity contribution is 0.420. The van der Waals surface area contributed by atoms with Crippen molar-refractivity contribution in [3.8, 4) is 0 Å². The van der Waals surface area contributed by atoms with Gasteiger partial charge in [0, 0.05) is 18.8 Å². The van der Waals surface area contributed by atoms with Gasteiger partial charge in [-0.2, -0.15) is 0 Å². The molecule has 1 saturated carbocycles. The van der Waals surface area contributed by atoms with Gasteiger partial charge in [0.05, 0.1) is 0 Å². The molecule has 1 aromatic carbocycles. The van der Waals surface area contributed by atoms with Crippen molar-refractivity contribution in [2.45, 2.75) is 31.6 Å². The molecule has 74 valence electrons. The van der Waals surface area contributed by atoms with Crippen LogP contribution in [0.2, 0.25) is 0 Å². The average molecular weight is 187 g/mol. The Hall–Kier alpha value is -0.980. The molecule has 2 fully saturated rings. The first kappa shape index (κ1) is 8.34. The van der Waals surface area contributed by atoms with Gasteiger partial charge in [0.2, 0.25) is 0 Å². The van der Waals surface area contributed by atoms with Crippen LogP contribution in [0.3, 0.4) is 0 Å². The summed E-state index contributed by atoms with van der Waals surface area (Å²) >= 11 is 0. The molecule has 1 saturated heterocycles. The molecule has 3 rings (SSSR count). The van der Waals surface area contributed by atoms with Crippen molar-refractivity contribution in [3.63, 3.8) is 0 Å². The molecule has 0 aromatic heterocycles. The molecule has 1 aromatic rings. The van der Waals surface area contributed by atoms with Gasteiger partial charge in [0.15, 0.2) is 0 Å². The van der Waals surface area contributed by atoms with E-state index in [1.54, 1.807) is 5.56 Å². The van der Waals surface area contributed by atoms with E-state index >= 15 is 0 Å². The molecule has 0 bridgehead atoms. The highest BCUT2D eigenvalue weighted by atomic mass is 15.2. The fourth-order valence-corrected chi connectivity index (χ4v) is 2.27. The fourth-order valence-electron chi connectivity index (χ4n) is 2.27. The zero-order valence-corrected chi connectivity index (χ0v) is 8.58. The van der Waals surface area contributed by atoms with Crippen molar-refractivity contribution in [1.82, 2.24) is 0 Å². The molecule has 1 heterocycles. The van der Waals surface area contributed by atoms with Gasteiger partial charge in [0.25, 0.3) is 0 Å². The Morgan fingerprint density at radius 2 is 1.64 bits per heavy atom. The molecule has 1 aliphatic heterocycles. The lowest BCUT2D eigenvalue weighted by Gasteiger charge is -2.34. The molecule has 0 radical (unpaired) electrons. The molecule has 1 aliphatic carbocycles. The second-order valence-corrected chi connectivity index (χ2v) is 4.56. The fraction of sp³-hybridized carbons (Fsp3) is 0.538. The minimum Gasteiger partial charge on any atom is -0.371 e. The topological polar surface area (TPSA) is 3.24 Å². The van der Waals surface area contributed by atoms with Crippen molar-refractivity contribution in [1.29, 1.82) is 0 Å². The Kier molecular flexibility index (Phi) is 1.97. The third-order valence-electron chi connectivity index (χ3n) is 3.69. The highest BCUT2D eigenvalue weighted by Crippen LogP contribution is 2.37. The van der Waals surface area contributed by atoms with Crippen LogP contribution in [0.15, 0.2) is 24.3 Å². The summed E-state index contributed by atoms with van der Waals surface area (Å²) in [6.07, 6.45) is 5.61. The third kappa shape index (κ3) is 1.31. The van der Waals surface area contributed by atoms with Crippen molar-refractivity contribution in [2.24, 2.45) is 0 Å². The van der Waals surface area contributed by atoms with E-state index in [1.165, 1.54) is 44.5 Å². The van der Waals surface area contributed by atoms with Crippen LogP contribution in [-0.4, -0.2) is 13.1 Å². The second kappa shape index (κ2) is 3.30. The predicted octanol–water partition coefficient (Wildman–Crippen LogP) is 3.16. The molecule has 1 nitrogen and oxygen atoms in total. The Morgan fingerprint density at radius 3 is 2.07 bits per heavy atom. The quantitative estimate of drug-likeness (QED) is 0.687. The first-order chi connectivity index (χ1) is 6.93. The number of rotatable bonds is 2. The van der Waals surface area contributed by atoms with Crippen molar-refractivity contribution in [2.75, 3.05) is 18.0 Å². The van der Waals surface area contributed by atoms with Crippen LogP contribution in [0.1, 0.15) is 37.2 Å². The van der Waals surface area contributed by atoms with Crippen LogP contribution in [0.25, 0.3) is 0 Å². The number of hydrogen-bond acceptors (Lipinski definition) is 1. The molecule has 0 spiro atoms. The van der Waals surface area contributed by atoms with E-state index in [1.807, 2.05) is 0 Å². The Morgan fingerprint density at radius 1 is 0.929 bits per heavy atom. The number of benzene rings is 1. The van der Waals surface area contributed by atoms with Gasteiger partial charge in [0.1, 0.15) is 0 Å². The summed E-state index contributed by atoms with van der Waals surface area (Å²) in [7, 11) is 0. The van der Waals surface area contributed by atoms with Gasteiger partial charge < -0.3 is 4.90 Å². The van der Waals surface area contributed by atoms with Gasteiger partial charge in [-0.05, 0) is 42.9 Å². The van der Waals surface area contributed by atoms with E-state index in [4.69, 9.17) is 0 Å². The van der Waals surface area contributed by atoms with E-state index in [9.17, 15) is 0 Å². The summed E-state index contributed by atoms with van der Waals surface area (Å²) in [5.74, 6) is 0.875. The summed E-state index contributed by atoms with van der Waals surface area (Å²) in [5, 5.41) is 0. The minimum absolute atomic E-state index is 0.875. The van der Waals surface area contributed by atoms with Gasteiger partial charge in [-0.1, -0.05) is 18.6 Å². The maximum atomic E-state index is 2.45. The van der Waals surface area contributed by atoms with Gasteiger partial charge in [-0.25, -0.2) is 0 Å². The van der Waals surface area contributed by atoms with Gasteiger partial charge in [-0.15, -0.1) is 0 Å². The number of hydrogen-bond donors (Lipinski definition) is 0. The monoisotopic (exact) mass is 187 g/mol. The Labute approximate surface area is 85.7 Å². The lowest BCUT2D eigenvalue weighted by atomic mass is 9.80. The number of nitrogens with zero attached hydrogens (tertiary/aromatic N) is 1. The van der Waals surface area contributed by atoms with E-state index in [0.717, 1.165) is 5.92 Å². The maximum Gasteiger partial charge on any atom is 0.0366 e. The standard InChI is InChI=1S/C13H17N/c1-3-11(4-1)12-5-7-13(8-6-12)14-9-2-10-14/h5-8,11H,1-4,9-10H2. The maximum absolute atomic E-state index is 2.45. The summed E-state index contributed by atoms with van der Waals surface area (Å²) in [5.41, 5.74) is 2.97. The average Bonchev–Trinajstić information content (AvgIpc) is 2.02. The van der Waals surface area contributed by atoms with Crippen LogP contribution in [0.5, 0.6) is 0 Å². The van der Waals surface area contributed by atoms with Crippen molar-refractivity contribution in [3.05, 3.63) is 29.8 Å².